The van der Waals surface area contributed by atoms with Gasteiger partial charge in [-0.3, -0.25) is 4.79 Å². The van der Waals surface area contributed by atoms with Crippen LogP contribution in [0.4, 0.5) is 5.95 Å². The summed E-state index contributed by atoms with van der Waals surface area (Å²) in [7, 11) is 0. The molecule has 1 aromatic rings. The molecule has 2 aliphatic rings. The number of nitrogens with zero attached hydrogens (tertiary/aromatic N) is 2. The van der Waals surface area contributed by atoms with Crippen molar-refractivity contribution < 1.29 is 14.6 Å². The van der Waals surface area contributed by atoms with Crippen LogP contribution in [0.25, 0.3) is 0 Å². The summed E-state index contributed by atoms with van der Waals surface area (Å²) in [4.78, 5) is 20.7. The van der Waals surface area contributed by atoms with Gasteiger partial charge in [0, 0.05) is 44.1 Å². The predicted octanol–water partition coefficient (Wildman–Crippen LogP) is 1.50. The fourth-order valence-electron chi connectivity index (χ4n) is 3.62. The molecule has 0 radical (unpaired) electrons. The van der Waals surface area contributed by atoms with Crippen molar-refractivity contribution in [2.75, 3.05) is 25.1 Å². The summed E-state index contributed by atoms with van der Waals surface area (Å²) in [5.41, 5.74) is -0.678. The van der Waals surface area contributed by atoms with Gasteiger partial charge < -0.3 is 20.5 Å². The first-order valence-electron chi connectivity index (χ1n) is 9.26. The van der Waals surface area contributed by atoms with E-state index in [9.17, 15) is 9.90 Å². The highest BCUT2D eigenvalue weighted by Gasteiger charge is 2.30. The molecule has 25 heavy (non-hydrogen) atoms. The Labute approximate surface area is 148 Å². The monoisotopic (exact) mass is 348 g/mol. The van der Waals surface area contributed by atoms with Crippen LogP contribution in [0.2, 0.25) is 0 Å². The third-order valence-electron chi connectivity index (χ3n) is 5.31. The molecule has 1 saturated heterocycles. The number of rotatable bonds is 6. The van der Waals surface area contributed by atoms with E-state index in [2.05, 4.69) is 20.6 Å². The zero-order valence-electron chi connectivity index (χ0n) is 14.6. The summed E-state index contributed by atoms with van der Waals surface area (Å²) < 4.78 is 5.28. The number of aromatic nitrogens is 2. The summed E-state index contributed by atoms with van der Waals surface area (Å²) in [6.07, 6.45) is 8.98. The molecule has 1 aliphatic carbocycles. The van der Waals surface area contributed by atoms with E-state index in [1.165, 1.54) is 0 Å². The summed E-state index contributed by atoms with van der Waals surface area (Å²) in [6.45, 7) is 1.74. The van der Waals surface area contributed by atoms with Crippen molar-refractivity contribution in [3.8, 4) is 0 Å². The van der Waals surface area contributed by atoms with E-state index in [-0.39, 0.29) is 11.8 Å². The lowest BCUT2D eigenvalue weighted by molar-refractivity contribution is -0.126. The van der Waals surface area contributed by atoms with Crippen LogP contribution in [0.15, 0.2) is 18.5 Å². The van der Waals surface area contributed by atoms with Gasteiger partial charge in [0.2, 0.25) is 11.9 Å². The molecule has 2 fully saturated rings. The van der Waals surface area contributed by atoms with Gasteiger partial charge in [0.15, 0.2) is 0 Å². The lowest BCUT2D eigenvalue weighted by atomic mass is 9.85. The molecule has 7 nitrogen and oxygen atoms in total. The van der Waals surface area contributed by atoms with Crippen LogP contribution in [0, 0.1) is 5.92 Å². The van der Waals surface area contributed by atoms with E-state index in [1.54, 1.807) is 18.5 Å². The van der Waals surface area contributed by atoms with Crippen LogP contribution in [-0.4, -0.2) is 52.4 Å². The molecule has 0 aromatic carbocycles. The maximum atomic E-state index is 12.3. The summed E-state index contributed by atoms with van der Waals surface area (Å²) in [5.74, 6) is 0.837. The molecule has 1 aliphatic heterocycles. The first-order valence-corrected chi connectivity index (χ1v) is 9.26. The molecule has 1 amide bonds. The van der Waals surface area contributed by atoms with Crippen molar-refractivity contribution in [2.45, 2.75) is 56.6 Å². The van der Waals surface area contributed by atoms with Gasteiger partial charge in [0.05, 0.1) is 5.60 Å². The number of aliphatic hydroxyl groups is 1. The van der Waals surface area contributed by atoms with E-state index in [0.717, 1.165) is 25.7 Å². The number of ether oxygens (including phenoxy) is 1. The molecular formula is C18H28N4O3. The summed E-state index contributed by atoms with van der Waals surface area (Å²) in [6, 6.07) is 2.12. The lowest BCUT2D eigenvalue weighted by Gasteiger charge is -2.32. The Kier molecular flexibility index (Phi) is 6.20. The van der Waals surface area contributed by atoms with Crippen molar-refractivity contribution in [3.63, 3.8) is 0 Å². The number of amides is 1. The molecule has 1 aromatic heterocycles. The minimum atomic E-state index is -0.678. The molecule has 0 atom stereocenters. The maximum absolute atomic E-state index is 12.3. The van der Waals surface area contributed by atoms with E-state index < -0.39 is 5.60 Å². The number of carbonyl (C=O) groups is 1. The molecule has 2 heterocycles. The molecule has 0 bridgehead atoms. The molecule has 3 N–H and O–H groups in total. The van der Waals surface area contributed by atoms with Crippen LogP contribution in [0.5, 0.6) is 0 Å². The van der Waals surface area contributed by atoms with Gasteiger partial charge in [0.1, 0.15) is 0 Å². The Hall–Kier alpha value is -1.73. The van der Waals surface area contributed by atoms with E-state index in [4.69, 9.17) is 4.74 Å². The van der Waals surface area contributed by atoms with Crippen molar-refractivity contribution in [1.82, 2.24) is 15.3 Å². The summed E-state index contributed by atoms with van der Waals surface area (Å²) >= 11 is 0. The van der Waals surface area contributed by atoms with Gasteiger partial charge in [0.25, 0.3) is 0 Å². The fourth-order valence-corrected chi connectivity index (χ4v) is 3.62. The largest absolute Gasteiger partial charge is 0.390 e. The highest BCUT2D eigenvalue weighted by Crippen LogP contribution is 2.27. The van der Waals surface area contributed by atoms with Gasteiger partial charge in [-0.15, -0.1) is 0 Å². The highest BCUT2D eigenvalue weighted by molar-refractivity contribution is 5.78. The minimum absolute atomic E-state index is 0.0686. The first-order chi connectivity index (χ1) is 12.1. The first kappa shape index (κ1) is 18.1. The molecule has 1 saturated carbocycles. The zero-order valence-corrected chi connectivity index (χ0v) is 14.6. The van der Waals surface area contributed by atoms with Crippen LogP contribution < -0.4 is 10.6 Å². The Balaban J connectivity index is 1.35. The Bertz CT molecular complexity index is 541. The summed E-state index contributed by atoms with van der Waals surface area (Å²) in [5, 5.41) is 16.8. The van der Waals surface area contributed by atoms with Crippen LogP contribution in [0.1, 0.15) is 44.9 Å². The zero-order chi connectivity index (χ0) is 17.5. The molecular weight excluding hydrogens is 320 g/mol. The highest BCUT2D eigenvalue weighted by atomic mass is 16.5. The number of carbonyl (C=O) groups excluding carboxylic acids is 1. The van der Waals surface area contributed by atoms with E-state index in [0.29, 0.717) is 51.0 Å². The van der Waals surface area contributed by atoms with Crippen molar-refractivity contribution in [3.05, 3.63) is 18.5 Å². The van der Waals surface area contributed by atoms with Gasteiger partial charge in [-0.05, 0) is 51.0 Å². The van der Waals surface area contributed by atoms with E-state index >= 15 is 0 Å². The number of anilines is 1. The van der Waals surface area contributed by atoms with Crippen molar-refractivity contribution in [2.24, 2.45) is 5.92 Å². The molecule has 138 valence electrons. The fraction of sp³-hybridized carbons (Fsp3) is 0.722. The topological polar surface area (TPSA) is 96.4 Å². The second kappa shape index (κ2) is 8.58. The molecule has 7 heteroatoms. The Morgan fingerprint density at radius 1 is 1.20 bits per heavy atom. The second-order valence-corrected chi connectivity index (χ2v) is 7.14. The van der Waals surface area contributed by atoms with Gasteiger partial charge in [-0.25, -0.2) is 9.97 Å². The van der Waals surface area contributed by atoms with Crippen LogP contribution >= 0.6 is 0 Å². The van der Waals surface area contributed by atoms with Gasteiger partial charge in [-0.2, -0.15) is 0 Å². The van der Waals surface area contributed by atoms with Crippen LogP contribution in [0.3, 0.4) is 0 Å². The van der Waals surface area contributed by atoms with Gasteiger partial charge >= 0.3 is 0 Å². The smallest absolute Gasteiger partial charge is 0.223 e. The lowest BCUT2D eigenvalue weighted by Crippen LogP contribution is -2.41. The molecule has 0 spiro atoms. The van der Waals surface area contributed by atoms with Crippen molar-refractivity contribution in [1.29, 1.82) is 0 Å². The Morgan fingerprint density at radius 3 is 2.56 bits per heavy atom. The van der Waals surface area contributed by atoms with Crippen LogP contribution in [-0.2, 0) is 9.53 Å². The average Bonchev–Trinajstić information content (AvgIpc) is 2.63. The van der Waals surface area contributed by atoms with E-state index in [1.807, 2.05) is 0 Å². The number of hydrogen-bond donors (Lipinski definition) is 3. The average molecular weight is 348 g/mol. The SMILES string of the molecule is O=C(NCCC1(O)CCOCC1)C1CCC(Nc2ncccn2)CC1. The minimum Gasteiger partial charge on any atom is -0.390 e. The maximum Gasteiger partial charge on any atom is 0.223 e. The number of hydrogen-bond acceptors (Lipinski definition) is 6. The number of nitrogens with one attached hydrogen (secondary N) is 2. The third kappa shape index (κ3) is 5.37. The normalized spacial score (nSPS) is 26.0. The molecule has 0 unspecified atom stereocenters. The quantitative estimate of drug-likeness (QED) is 0.721. The molecule has 3 rings (SSSR count). The van der Waals surface area contributed by atoms with Gasteiger partial charge in [-0.1, -0.05) is 0 Å². The third-order valence-corrected chi connectivity index (χ3v) is 5.31. The Morgan fingerprint density at radius 2 is 1.88 bits per heavy atom. The second-order valence-electron chi connectivity index (χ2n) is 7.14. The van der Waals surface area contributed by atoms with Crippen molar-refractivity contribution >= 4 is 11.9 Å². The predicted molar refractivity (Wildman–Crippen MR) is 94.0 cm³/mol. The standard InChI is InChI=1S/C18H28N4O3/c23-16(19-11-6-18(24)7-12-25-13-8-18)14-2-4-15(5-3-14)22-17-20-9-1-10-21-17/h1,9-10,14-15,24H,2-8,11-13H2,(H,19,23)(H,20,21,22).